The molecule has 4 heterocycles. The molecule has 0 atom stereocenters. The lowest BCUT2D eigenvalue weighted by Gasteiger charge is -2.10. The Kier molecular flexibility index (Phi) is 2.05. The highest BCUT2D eigenvalue weighted by Gasteiger charge is 2.31. The van der Waals surface area contributed by atoms with E-state index in [0.29, 0.717) is 0 Å². The lowest BCUT2D eigenvalue weighted by molar-refractivity contribution is 0.789. The molecule has 0 saturated heterocycles. The Morgan fingerprint density at radius 1 is 0.607 bits per heavy atom. The molecule has 130 valence electrons. The fourth-order valence-electron chi connectivity index (χ4n) is 5.32. The van der Waals surface area contributed by atoms with Crippen molar-refractivity contribution < 1.29 is 0 Å². The van der Waals surface area contributed by atoms with Gasteiger partial charge in [-0.15, -0.1) is 0 Å². The molecule has 0 saturated carbocycles. The van der Waals surface area contributed by atoms with Crippen molar-refractivity contribution in [3.8, 4) is 11.6 Å². The minimum atomic E-state index is 0.898. The summed E-state index contributed by atoms with van der Waals surface area (Å²) in [6.07, 6.45) is 0. The van der Waals surface area contributed by atoms with E-state index >= 15 is 0 Å². The maximum atomic E-state index is 5.05. The molecule has 4 heteroatoms. The molecule has 28 heavy (non-hydrogen) atoms. The number of imidazole rings is 2. The van der Waals surface area contributed by atoms with Crippen molar-refractivity contribution in [3.63, 3.8) is 0 Å². The summed E-state index contributed by atoms with van der Waals surface area (Å²) in [5.74, 6) is 2.01. The number of hydrogen-bond acceptors (Lipinski definition) is 2. The van der Waals surface area contributed by atoms with Gasteiger partial charge in [0.25, 0.3) is 0 Å². The average molecular weight is 358 g/mol. The zero-order valence-corrected chi connectivity index (χ0v) is 15.0. The first-order valence-electron chi connectivity index (χ1n) is 9.69. The summed E-state index contributed by atoms with van der Waals surface area (Å²) in [6, 6.07) is 21.8. The van der Waals surface area contributed by atoms with Crippen molar-refractivity contribution >= 4 is 43.6 Å². The largest absolute Gasteiger partial charge is 0.316 e. The molecule has 2 aliphatic heterocycles. The molecule has 2 aromatic heterocycles. The number of fused-ring (bicyclic) bond motifs is 2. The molecule has 8 bridgehead atoms. The molecule has 0 amide bonds. The standard InChI is InChI=1S/C24H14N4/c1-3-7-17-13(5-1)9-15-11-27-21(17)19(15)25-23(27)24-26-20-16-10-14-6-2-4-8-18(14)22(20)28(24)12-16/h1-10H,11-12H2. The summed E-state index contributed by atoms with van der Waals surface area (Å²) in [5, 5.41) is 5.15. The molecule has 0 spiro atoms. The van der Waals surface area contributed by atoms with Crippen LogP contribution in [0.3, 0.4) is 0 Å². The first kappa shape index (κ1) is 13.5. The first-order valence-corrected chi connectivity index (χ1v) is 9.69. The van der Waals surface area contributed by atoms with E-state index in [9.17, 15) is 0 Å². The third-order valence-corrected chi connectivity index (χ3v) is 6.49. The monoisotopic (exact) mass is 358 g/mol. The topological polar surface area (TPSA) is 35.6 Å². The summed E-state index contributed by atoms with van der Waals surface area (Å²) in [7, 11) is 0. The maximum absolute atomic E-state index is 5.05. The van der Waals surface area contributed by atoms with E-state index in [1.807, 2.05) is 0 Å². The van der Waals surface area contributed by atoms with Crippen LogP contribution >= 0.6 is 0 Å². The van der Waals surface area contributed by atoms with Crippen molar-refractivity contribution in [2.45, 2.75) is 13.1 Å². The molecule has 0 aliphatic carbocycles. The van der Waals surface area contributed by atoms with Gasteiger partial charge in [0, 0.05) is 21.9 Å². The van der Waals surface area contributed by atoms with E-state index in [2.05, 4.69) is 69.8 Å². The number of benzene rings is 4. The van der Waals surface area contributed by atoms with E-state index in [4.69, 9.17) is 9.97 Å². The highest BCUT2D eigenvalue weighted by atomic mass is 15.2. The summed E-state index contributed by atoms with van der Waals surface area (Å²) in [6.45, 7) is 1.80. The normalized spacial score (nSPS) is 14.1. The second-order valence-electron chi connectivity index (χ2n) is 7.95. The molecular weight excluding hydrogens is 344 g/mol. The van der Waals surface area contributed by atoms with Gasteiger partial charge in [-0.25, -0.2) is 9.97 Å². The van der Waals surface area contributed by atoms with Gasteiger partial charge in [-0.2, -0.15) is 0 Å². The van der Waals surface area contributed by atoms with Crippen molar-refractivity contribution in [1.82, 2.24) is 19.1 Å². The van der Waals surface area contributed by atoms with Crippen LogP contribution in [0.1, 0.15) is 11.1 Å². The van der Waals surface area contributed by atoms with Crippen LogP contribution in [-0.4, -0.2) is 19.1 Å². The van der Waals surface area contributed by atoms with Gasteiger partial charge in [-0.3, -0.25) is 0 Å². The van der Waals surface area contributed by atoms with Crippen molar-refractivity contribution in [3.05, 3.63) is 71.8 Å². The van der Waals surface area contributed by atoms with E-state index in [-0.39, 0.29) is 0 Å². The van der Waals surface area contributed by atoms with Crippen LogP contribution in [0.2, 0.25) is 0 Å². The van der Waals surface area contributed by atoms with Gasteiger partial charge in [-0.1, -0.05) is 48.5 Å². The van der Waals surface area contributed by atoms with Gasteiger partial charge in [0.2, 0.25) is 0 Å². The van der Waals surface area contributed by atoms with Crippen LogP contribution in [0.5, 0.6) is 0 Å². The predicted molar refractivity (Wildman–Crippen MR) is 112 cm³/mol. The molecule has 4 aromatic carbocycles. The zero-order valence-electron chi connectivity index (χ0n) is 15.0. The lowest BCUT2D eigenvalue weighted by Crippen LogP contribution is -2.08. The summed E-state index contributed by atoms with van der Waals surface area (Å²) in [5.41, 5.74) is 7.43. The summed E-state index contributed by atoms with van der Waals surface area (Å²) >= 11 is 0. The van der Waals surface area contributed by atoms with Crippen LogP contribution in [0.25, 0.3) is 55.3 Å². The third-order valence-electron chi connectivity index (χ3n) is 6.49. The molecule has 2 aliphatic rings. The molecule has 4 nitrogen and oxygen atoms in total. The van der Waals surface area contributed by atoms with Crippen molar-refractivity contribution in [2.24, 2.45) is 0 Å². The second kappa shape index (κ2) is 4.25. The molecule has 0 unspecified atom stereocenters. The Morgan fingerprint density at radius 2 is 1.07 bits per heavy atom. The van der Waals surface area contributed by atoms with Crippen LogP contribution in [0.4, 0.5) is 0 Å². The molecule has 8 rings (SSSR count). The minimum Gasteiger partial charge on any atom is -0.316 e. The van der Waals surface area contributed by atoms with Gasteiger partial charge in [0.1, 0.15) is 0 Å². The minimum absolute atomic E-state index is 0.898. The lowest BCUT2D eigenvalue weighted by atomic mass is 10.1. The number of nitrogens with zero attached hydrogens (tertiary/aromatic N) is 4. The second-order valence-corrected chi connectivity index (χ2v) is 7.95. The highest BCUT2D eigenvalue weighted by Crippen LogP contribution is 2.42. The average Bonchev–Trinajstić information content (AvgIpc) is 3.41. The Labute approximate surface area is 159 Å². The van der Waals surface area contributed by atoms with Crippen molar-refractivity contribution in [2.75, 3.05) is 0 Å². The fourth-order valence-corrected chi connectivity index (χ4v) is 5.32. The van der Waals surface area contributed by atoms with Gasteiger partial charge in [-0.05, 0) is 22.9 Å². The summed E-state index contributed by atoms with van der Waals surface area (Å²) in [4.78, 5) is 10.1. The maximum Gasteiger partial charge on any atom is 0.177 e. The van der Waals surface area contributed by atoms with E-state index < -0.39 is 0 Å². The molecule has 0 N–H and O–H groups in total. The van der Waals surface area contributed by atoms with Crippen LogP contribution < -0.4 is 0 Å². The number of aromatic nitrogens is 4. The van der Waals surface area contributed by atoms with E-state index in [0.717, 1.165) is 35.8 Å². The van der Waals surface area contributed by atoms with Gasteiger partial charge >= 0.3 is 0 Å². The SMILES string of the molecule is c1ccc2c(c1)cc1c3nc(-c4nc5c6cc7ccccc7c5n4C6)n(c32)C1. The molecule has 0 fully saturated rings. The fraction of sp³-hybridized carbons (Fsp3) is 0.0833. The van der Waals surface area contributed by atoms with Crippen molar-refractivity contribution in [1.29, 1.82) is 0 Å². The van der Waals surface area contributed by atoms with Gasteiger partial charge in [0.15, 0.2) is 11.6 Å². The van der Waals surface area contributed by atoms with Crippen LogP contribution in [-0.2, 0) is 13.1 Å². The zero-order chi connectivity index (χ0) is 18.0. The molecule has 0 radical (unpaired) electrons. The molecule has 6 aromatic rings. The van der Waals surface area contributed by atoms with Crippen LogP contribution in [0.15, 0.2) is 60.7 Å². The Bertz CT molecular complexity index is 1540. The Morgan fingerprint density at radius 3 is 1.57 bits per heavy atom. The van der Waals surface area contributed by atoms with E-state index in [1.54, 1.807) is 0 Å². The van der Waals surface area contributed by atoms with Gasteiger partial charge in [0.05, 0.1) is 35.2 Å². The third kappa shape index (κ3) is 1.36. The number of rotatable bonds is 1. The first-order chi connectivity index (χ1) is 13.9. The van der Waals surface area contributed by atoms with Gasteiger partial charge < -0.3 is 9.13 Å². The Balaban J connectivity index is 1.50. The van der Waals surface area contributed by atoms with Crippen LogP contribution in [0, 0.1) is 0 Å². The number of hydrogen-bond donors (Lipinski definition) is 0. The van der Waals surface area contributed by atoms with E-state index in [1.165, 1.54) is 43.7 Å². The highest BCUT2D eigenvalue weighted by molar-refractivity contribution is 6.10. The Hall–Kier alpha value is -3.66. The molecular formula is C24H14N4. The smallest absolute Gasteiger partial charge is 0.177 e. The quantitative estimate of drug-likeness (QED) is 0.410. The predicted octanol–water partition coefficient (Wildman–Crippen LogP) is 5.08. The summed E-state index contributed by atoms with van der Waals surface area (Å²) < 4.78 is 4.72.